The topological polar surface area (TPSA) is 58.6 Å². The molecule has 7 heteroatoms. The van der Waals surface area contributed by atoms with Crippen LogP contribution in [0.1, 0.15) is 0 Å². The molecule has 1 amide bonds. The van der Waals surface area contributed by atoms with Crippen LogP contribution in [-0.4, -0.2) is 53.6 Å². The zero-order valence-electron chi connectivity index (χ0n) is 15.9. The standard InChI is InChI=1S/C22H21ClN4O2/c23-19-15-18(17-5-2-1-3-6-17)7-8-20(19)29-16-21(28)26-11-13-27(14-12-26)22-24-9-4-10-25-22/h1-10,15H,11-14,16H2. The highest BCUT2D eigenvalue weighted by atomic mass is 35.5. The Balaban J connectivity index is 1.31. The lowest BCUT2D eigenvalue weighted by Crippen LogP contribution is -2.50. The van der Waals surface area contributed by atoms with E-state index < -0.39 is 0 Å². The zero-order chi connectivity index (χ0) is 20.1. The Bertz CT molecular complexity index is 961. The van der Waals surface area contributed by atoms with Crippen LogP contribution in [0.5, 0.6) is 5.75 Å². The average molecular weight is 409 g/mol. The Kier molecular flexibility index (Phi) is 5.91. The average Bonchev–Trinajstić information content (AvgIpc) is 2.79. The summed E-state index contributed by atoms with van der Waals surface area (Å²) in [4.78, 5) is 24.9. The fourth-order valence-corrected chi connectivity index (χ4v) is 3.50. The molecule has 0 N–H and O–H groups in total. The van der Waals surface area contributed by atoms with Crippen LogP contribution in [0.4, 0.5) is 5.95 Å². The monoisotopic (exact) mass is 408 g/mol. The lowest BCUT2D eigenvalue weighted by atomic mass is 10.1. The molecule has 148 valence electrons. The van der Waals surface area contributed by atoms with Gasteiger partial charge in [0.15, 0.2) is 6.61 Å². The predicted octanol–water partition coefficient (Wildman–Crippen LogP) is 3.52. The third-order valence-corrected chi connectivity index (χ3v) is 5.15. The first-order valence-corrected chi connectivity index (χ1v) is 9.86. The molecule has 0 radical (unpaired) electrons. The largest absolute Gasteiger partial charge is 0.482 e. The van der Waals surface area contributed by atoms with Gasteiger partial charge in [0.05, 0.1) is 5.02 Å². The van der Waals surface area contributed by atoms with E-state index in [1.807, 2.05) is 48.5 Å². The molecular weight excluding hydrogens is 388 g/mol. The molecule has 2 aromatic carbocycles. The number of rotatable bonds is 5. The number of anilines is 1. The number of benzene rings is 2. The van der Waals surface area contributed by atoms with Crippen molar-refractivity contribution < 1.29 is 9.53 Å². The van der Waals surface area contributed by atoms with E-state index in [0.717, 1.165) is 11.1 Å². The van der Waals surface area contributed by atoms with Crippen molar-refractivity contribution in [1.29, 1.82) is 0 Å². The van der Waals surface area contributed by atoms with E-state index in [1.54, 1.807) is 23.4 Å². The molecule has 1 aromatic heterocycles. The van der Waals surface area contributed by atoms with Gasteiger partial charge in [-0.3, -0.25) is 4.79 Å². The molecule has 0 unspecified atom stereocenters. The third-order valence-electron chi connectivity index (χ3n) is 4.86. The molecule has 29 heavy (non-hydrogen) atoms. The summed E-state index contributed by atoms with van der Waals surface area (Å²) in [5, 5.41) is 0.491. The Morgan fingerprint density at radius 3 is 2.34 bits per heavy atom. The van der Waals surface area contributed by atoms with Gasteiger partial charge in [-0.15, -0.1) is 0 Å². The van der Waals surface area contributed by atoms with E-state index in [0.29, 0.717) is 42.9 Å². The molecule has 1 aliphatic rings. The first kappa shape index (κ1) is 19.2. The summed E-state index contributed by atoms with van der Waals surface area (Å²) in [5.74, 6) is 1.15. The quantitative estimate of drug-likeness (QED) is 0.646. The normalized spacial score (nSPS) is 14.0. The SMILES string of the molecule is O=C(COc1ccc(-c2ccccc2)cc1Cl)N1CCN(c2ncccn2)CC1. The summed E-state index contributed by atoms with van der Waals surface area (Å²) in [5.41, 5.74) is 2.09. The van der Waals surface area contributed by atoms with Crippen molar-refractivity contribution in [2.75, 3.05) is 37.7 Å². The number of aromatic nitrogens is 2. The molecule has 1 saturated heterocycles. The number of carbonyl (C=O) groups excluding carboxylic acids is 1. The van der Waals surface area contributed by atoms with Crippen molar-refractivity contribution in [3.63, 3.8) is 0 Å². The summed E-state index contributed by atoms with van der Waals surface area (Å²) in [6.07, 6.45) is 3.45. The van der Waals surface area contributed by atoms with Crippen LogP contribution in [0.25, 0.3) is 11.1 Å². The van der Waals surface area contributed by atoms with Gasteiger partial charge in [-0.1, -0.05) is 48.0 Å². The number of piperazine rings is 1. The molecule has 1 aliphatic heterocycles. The van der Waals surface area contributed by atoms with E-state index >= 15 is 0 Å². The van der Waals surface area contributed by atoms with Crippen LogP contribution in [-0.2, 0) is 4.79 Å². The van der Waals surface area contributed by atoms with Gasteiger partial charge in [0, 0.05) is 38.6 Å². The summed E-state index contributed by atoms with van der Waals surface area (Å²) in [6, 6.07) is 17.4. The molecular formula is C22H21ClN4O2. The Morgan fingerprint density at radius 1 is 0.931 bits per heavy atom. The lowest BCUT2D eigenvalue weighted by molar-refractivity contribution is -0.133. The number of halogens is 1. The van der Waals surface area contributed by atoms with Gasteiger partial charge in [0.25, 0.3) is 5.91 Å². The van der Waals surface area contributed by atoms with Crippen molar-refractivity contribution in [3.05, 3.63) is 72.0 Å². The minimum Gasteiger partial charge on any atom is -0.482 e. The van der Waals surface area contributed by atoms with Crippen LogP contribution in [0, 0.1) is 0 Å². The van der Waals surface area contributed by atoms with Crippen LogP contribution < -0.4 is 9.64 Å². The number of hydrogen-bond donors (Lipinski definition) is 0. The number of nitrogens with zero attached hydrogens (tertiary/aromatic N) is 4. The molecule has 6 nitrogen and oxygen atoms in total. The predicted molar refractivity (Wildman–Crippen MR) is 113 cm³/mol. The molecule has 0 saturated carbocycles. The van der Waals surface area contributed by atoms with E-state index in [2.05, 4.69) is 14.9 Å². The molecule has 4 rings (SSSR count). The highest BCUT2D eigenvalue weighted by molar-refractivity contribution is 6.32. The van der Waals surface area contributed by atoms with E-state index in [4.69, 9.17) is 16.3 Å². The minimum atomic E-state index is -0.0539. The number of carbonyl (C=O) groups is 1. The maximum Gasteiger partial charge on any atom is 0.260 e. The molecule has 3 aromatic rings. The van der Waals surface area contributed by atoms with Crippen LogP contribution >= 0.6 is 11.6 Å². The van der Waals surface area contributed by atoms with Gasteiger partial charge in [-0.05, 0) is 29.3 Å². The summed E-state index contributed by atoms with van der Waals surface area (Å²) in [7, 11) is 0. The fraction of sp³-hybridized carbons (Fsp3) is 0.227. The van der Waals surface area contributed by atoms with Gasteiger partial charge in [0.2, 0.25) is 5.95 Å². The summed E-state index contributed by atoms with van der Waals surface area (Å²) in [6.45, 7) is 2.58. The molecule has 0 atom stereocenters. The van der Waals surface area contributed by atoms with E-state index in [-0.39, 0.29) is 12.5 Å². The van der Waals surface area contributed by atoms with Crippen molar-refractivity contribution in [2.45, 2.75) is 0 Å². The maximum absolute atomic E-state index is 12.5. The fourth-order valence-electron chi connectivity index (χ4n) is 3.27. The van der Waals surface area contributed by atoms with Gasteiger partial charge in [-0.25, -0.2) is 9.97 Å². The van der Waals surface area contributed by atoms with Gasteiger partial charge in [-0.2, -0.15) is 0 Å². The highest BCUT2D eigenvalue weighted by Gasteiger charge is 2.22. The van der Waals surface area contributed by atoms with E-state index in [9.17, 15) is 4.79 Å². The second-order valence-corrected chi connectivity index (χ2v) is 7.12. The minimum absolute atomic E-state index is 0.0355. The summed E-state index contributed by atoms with van der Waals surface area (Å²) < 4.78 is 5.69. The number of amides is 1. The van der Waals surface area contributed by atoms with Crippen molar-refractivity contribution >= 4 is 23.5 Å². The molecule has 0 aliphatic carbocycles. The van der Waals surface area contributed by atoms with Gasteiger partial charge >= 0.3 is 0 Å². The van der Waals surface area contributed by atoms with Crippen LogP contribution in [0.3, 0.4) is 0 Å². The Hall–Kier alpha value is -3.12. The van der Waals surface area contributed by atoms with Gasteiger partial charge < -0.3 is 14.5 Å². The second-order valence-electron chi connectivity index (χ2n) is 6.72. The summed E-state index contributed by atoms with van der Waals surface area (Å²) >= 11 is 6.37. The second kappa shape index (κ2) is 8.92. The smallest absolute Gasteiger partial charge is 0.260 e. The van der Waals surface area contributed by atoms with Crippen molar-refractivity contribution in [2.24, 2.45) is 0 Å². The van der Waals surface area contributed by atoms with Gasteiger partial charge in [0.1, 0.15) is 5.75 Å². The highest BCUT2D eigenvalue weighted by Crippen LogP contribution is 2.30. The first-order chi connectivity index (χ1) is 14.2. The lowest BCUT2D eigenvalue weighted by Gasteiger charge is -2.34. The van der Waals surface area contributed by atoms with Crippen molar-refractivity contribution in [1.82, 2.24) is 14.9 Å². The molecule has 2 heterocycles. The molecule has 0 spiro atoms. The maximum atomic E-state index is 12.5. The van der Waals surface area contributed by atoms with Crippen molar-refractivity contribution in [3.8, 4) is 16.9 Å². The Labute approximate surface area is 174 Å². The Morgan fingerprint density at radius 2 is 1.66 bits per heavy atom. The van der Waals surface area contributed by atoms with E-state index in [1.165, 1.54) is 0 Å². The van der Waals surface area contributed by atoms with Crippen LogP contribution in [0.15, 0.2) is 67.0 Å². The zero-order valence-corrected chi connectivity index (χ0v) is 16.6. The third kappa shape index (κ3) is 4.66. The molecule has 0 bridgehead atoms. The number of hydrogen-bond acceptors (Lipinski definition) is 5. The van der Waals surface area contributed by atoms with Crippen LogP contribution in [0.2, 0.25) is 5.02 Å². The molecule has 1 fully saturated rings. The number of ether oxygens (including phenoxy) is 1. The first-order valence-electron chi connectivity index (χ1n) is 9.48.